The minimum Gasteiger partial charge on any atom is -0.506 e. The second kappa shape index (κ2) is 3.53. The zero-order valence-electron chi connectivity index (χ0n) is 7.36. The van der Waals surface area contributed by atoms with E-state index in [1.807, 2.05) is 0 Å². The smallest absolute Gasteiger partial charge is 0.416 e. The summed E-state index contributed by atoms with van der Waals surface area (Å²) >= 11 is 0. The third kappa shape index (κ3) is 2.20. The van der Waals surface area contributed by atoms with Crippen molar-refractivity contribution in [3.8, 4) is 0 Å². The highest BCUT2D eigenvalue weighted by Gasteiger charge is 2.44. The van der Waals surface area contributed by atoms with E-state index >= 15 is 0 Å². The number of halogens is 3. The molecule has 0 aliphatic carbocycles. The summed E-state index contributed by atoms with van der Waals surface area (Å²) in [6.45, 7) is 0. The van der Waals surface area contributed by atoms with Gasteiger partial charge < -0.3 is 15.1 Å². The van der Waals surface area contributed by atoms with Crippen molar-refractivity contribution in [2.45, 2.75) is 18.3 Å². The van der Waals surface area contributed by atoms with Crippen LogP contribution in [0.5, 0.6) is 0 Å². The third-order valence-electron chi connectivity index (χ3n) is 1.93. The van der Waals surface area contributed by atoms with Crippen LogP contribution < -0.4 is 0 Å². The van der Waals surface area contributed by atoms with E-state index in [0.29, 0.717) is 0 Å². The molecule has 0 saturated carbocycles. The van der Waals surface area contributed by atoms with Crippen molar-refractivity contribution in [3.63, 3.8) is 0 Å². The van der Waals surface area contributed by atoms with Gasteiger partial charge in [-0.05, 0) is 6.08 Å². The van der Waals surface area contributed by atoms with Gasteiger partial charge in [0.25, 0.3) is 0 Å². The Labute approximate surface area is 78.8 Å². The van der Waals surface area contributed by atoms with Crippen molar-refractivity contribution < 1.29 is 23.4 Å². The summed E-state index contributed by atoms with van der Waals surface area (Å²) in [5.41, 5.74) is 0. The van der Waals surface area contributed by atoms with Crippen molar-refractivity contribution in [2.75, 3.05) is 7.05 Å². The van der Waals surface area contributed by atoms with Crippen LogP contribution >= 0.6 is 0 Å². The van der Waals surface area contributed by atoms with Crippen molar-refractivity contribution in [1.29, 1.82) is 0 Å². The highest BCUT2D eigenvalue weighted by atomic mass is 19.4. The van der Waals surface area contributed by atoms with Gasteiger partial charge in [-0.2, -0.15) is 13.2 Å². The molecule has 0 fully saturated rings. The number of hydrogen-bond donors (Lipinski definition) is 2. The molecular formula is C8H10F3NO2. The Kier molecular flexibility index (Phi) is 2.75. The Hall–Kier alpha value is -1.17. The minimum absolute atomic E-state index is 0.141. The molecule has 1 aliphatic heterocycles. The number of hydrogen-bond acceptors (Lipinski definition) is 3. The quantitative estimate of drug-likeness (QED) is 0.681. The Bertz CT molecular complexity index is 272. The monoisotopic (exact) mass is 209 g/mol. The van der Waals surface area contributed by atoms with Crippen molar-refractivity contribution >= 4 is 0 Å². The lowest BCUT2D eigenvalue weighted by atomic mass is 10.1. The first-order valence-corrected chi connectivity index (χ1v) is 3.88. The molecule has 0 amide bonds. The van der Waals surface area contributed by atoms with Gasteiger partial charge in [-0.25, -0.2) is 0 Å². The van der Waals surface area contributed by atoms with Crippen LogP contribution in [0.2, 0.25) is 0 Å². The number of aliphatic hydroxyl groups excluding tert-OH is 2. The number of allylic oxidation sites excluding steroid dienone is 1. The first kappa shape index (κ1) is 10.9. The van der Waals surface area contributed by atoms with Gasteiger partial charge >= 0.3 is 6.18 Å². The number of aliphatic hydroxyl groups is 2. The standard InChI is InChI=1S/C8H10F3NO2/c1-12-4-5(13)2-3-6(12)7(14)8(9,10)11/h2-4,6-7,13-14H,1H3. The Morgan fingerprint density at radius 2 is 2.07 bits per heavy atom. The van der Waals surface area contributed by atoms with Crippen molar-refractivity contribution in [2.24, 2.45) is 0 Å². The van der Waals surface area contributed by atoms with Crippen LogP contribution in [-0.2, 0) is 0 Å². The lowest BCUT2D eigenvalue weighted by molar-refractivity contribution is -0.214. The molecule has 0 saturated heterocycles. The molecule has 14 heavy (non-hydrogen) atoms. The molecule has 0 aromatic heterocycles. The van der Waals surface area contributed by atoms with Gasteiger partial charge in [-0.1, -0.05) is 6.08 Å². The molecule has 1 rings (SSSR count). The van der Waals surface area contributed by atoms with Crippen LogP contribution in [0.25, 0.3) is 0 Å². The molecule has 2 atom stereocenters. The number of nitrogens with zero attached hydrogens (tertiary/aromatic N) is 1. The molecule has 0 aromatic rings. The normalized spacial score (nSPS) is 24.8. The second-order valence-electron chi connectivity index (χ2n) is 3.06. The molecule has 1 aliphatic rings. The van der Waals surface area contributed by atoms with Gasteiger partial charge in [0.15, 0.2) is 6.10 Å². The van der Waals surface area contributed by atoms with Crippen LogP contribution in [0, 0.1) is 0 Å². The van der Waals surface area contributed by atoms with Crippen LogP contribution in [0.3, 0.4) is 0 Å². The van der Waals surface area contributed by atoms with Crippen LogP contribution in [0.1, 0.15) is 0 Å². The summed E-state index contributed by atoms with van der Waals surface area (Å²) in [6.07, 6.45) is -3.76. The molecule has 6 heteroatoms. The van der Waals surface area contributed by atoms with Gasteiger partial charge in [0.1, 0.15) is 5.76 Å². The number of rotatable bonds is 1. The summed E-state index contributed by atoms with van der Waals surface area (Å²) in [5.74, 6) is -0.141. The van der Waals surface area contributed by atoms with E-state index in [-0.39, 0.29) is 5.76 Å². The Morgan fingerprint density at radius 3 is 2.50 bits per heavy atom. The van der Waals surface area contributed by atoms with Crippen molar-refractivity contribution in [3.05, 3.63) is 24.1 Å². The third-order valence-corrected chi connectivity index (χ3v) is 1.93. The minimum atomic E-state index is -4.66. The van der Waals surface area contributed by atoms with E-state index in [0.717, 1.165) is 23.3 Å². The fraction of sp³-hybridized carbons (Fsp3) is 0.500. The van der Waals surface area contributed by atoms with E-state index in [9.17, 15) is 13.2 Å². The second-order valence-corrected chi connectivity index (χ2v) is 3.06. The lowest BCUT2D eigenvalue weighted by Crippen LogP contribution is -2.46. The Balaban J connectivity index is 2.77. The summed E-state index contributed by atoms with van der Waals surface area (Å²) < 4.78 is 36.3. The van der Waals surface area contributed by atoms with E-state index in [1.165, 1.54) is 7.05 Å². The molecule has 1 heterocycles. The number of alkyl halides is 3. The largest absolute Gasteiger partial charge is 0.506 e. The highest BCUT2D eigenvalue weighted by Crippen LogP contribution is 2.26. The topological polar surface area (TPSA) is 43.7 Å². The van der Waals surface area contributed by atoms with Gasteiger partial charge in [0.05, 0.1) is 6.04 Å². The van der Waals surface area contributed by atoms with E-state index in [4.69, 9.17) is 10.2 Å². The SMILES string of the molecule is CN1C=C(O)C=CC1C(O)C(F)(F)F. The molecule has 0 bridgehead atoms. The summed E-state index contributed by atoms with van der Waals surface area (Å²) in [7, 11) is 1.35. The average molecular weight is 209 g/mol. The first-order chi connectivity index (χ1) is 6.32. The molecule has 3 nitrogen and oxygen atoms in total. The average Bonchev–Trinajstić information content (AvgIpc) is 2.01. The van der Waals surface area contributed by atoms with Crippen LogP contribution in [0.15, 0.2) is 24.1 Å². The molecular weight excluding hydrogens is 199 g/mol. The molecule has 2 unspecified atom stereocenters. The summed E-state index contributed by atoms with van der Waals surface area (Å²) in [5, 5.41) is 17.9. The fourth-order valence-corrected chi connectivity index (χ4v) is 1.19. The predicted molar refractivity (Wildman–Crippen MR) is 43.5 cm³/mol. The van der Waals surface area contributed by atoms with Gasteiger partial charge in [-0.3, -0.25) is 0 Å². The van der Waals surface area contributed by atoms with Crippen LogP contribution in [0.4, 0.5) is 13.2 Å². The Morgan fingerprint density at radius 1 is 1.50 bits per heavy atom. The maximum atomic E-state index is 12.1. The van der Waals surface area contributed by atoms with Crippen molar-refractivity contribution in [1.82, 2.24) is 4.90 Å². The zero-order valence-corrected chi connectivity index (χ0v) is 7.36. The molecule has 2 N–H and O–H groups in total. The molecule has 0 spiro atoms. The maximum Gasteiger partial charge on any atom is 0.416 e. The number of likely N-dealkylation sites (N-methyl/N-ethyl adjacent to an activating group) is 1. The van der Waals surface area contributed by atoms with Gasteiger partial charge in [0.2, 0.25) is 0 Å². The first-order valence-electron chi connectivity index (χ1n) is 3.88. The summed E-state index contributed by atoms with van der Waals surface area (Å²) in [6, 6.07) is -1.19. The predicted octanol–water partition coefficient (Wildman–Crippen LogP) is 1.18. The maximum absolute atomic E-state index is 12.1. The highest BCUT2D eigenvalue weighted by molar-refractivity contribution is 5.19. The van der Waals surface area contributed by atoms with E-state index in [2.05, 4.69) is 0 Å². The fourth-order valence-electron chi connectivity index (χ4n) is 1.19. The molecule has 0 aromatic carbocycles. The molecule has 0 radical (unpaired) electrons. The van der Waals surface area contributed by atoms with Gasteiger partial charge in [-0.15, -0.1) is 0 Å². The van der Waals surface area contributed by atoms with E-state index in [1.54, 1.807) is 0 Å². The lowest BCUT2D eigenvalue weighted by Gasteiger charge is -2.31. The zero-order chi connectivity index (χ0) is 10.9. The molecule has 80 valence electrons. The van der Waals surface area contributed by atoms with E-state index < -0.39 is 18.3 Å². The van der Waals surface area contributed by atoms with Gasteiger partial charge in [0, 0.05) is 13.2 Å². The summed E-state index contributed by atoms with van der Waals surface area (Å²) in [4.78, 5) is 1.10. The van der Waals surface area contributed by atoms with Crippen LogP contribution in [-0.4, -0.2) is 40.5 Å².